The first-order valence-electron chi connectivity index (χ1n) is 8.08. The van der Waals surface area contributed by atoms with Gasteiger partial charge < -0.3 is 15.5 Å². The molecule has 0 bridgehead atoms. The molecule has 172 valence electrons. The van der Waals surface area contributed by atoms with Crippen molar-refractivity contribution in [2.75, 3.05) is 51.6 Å². The Hall–Kier alpha value is -1.65. The second-order valence-corrected chi connectivity index (χ2v) is 7.85. The Morgan fingerprint density at radius 2 is 1.28 bits per heavy atom. The van der Waals surface area contributed by atoms with Crippen LogP contribution < -0.4 is 5.32 Å². The van der Waals surface area contributed by atoms with Crippen LogP contribution in [0.15, 0.2) is 0 Å². The van der Waals surface area contributed by atoms with Gasteiger partial charge in [-0.3, -0.25) is 4.90 Å². The summed E-state index contributed by atoms with van der Waals surface area (Å²) in [5, 5.41) is 17.5. The molecule has 0 spiro atoms. The molecule has 2 saturated heterocycles. The molecule has 0 unspecified atom stereocenters. The Bertz CT molecular complexity index is 610. The number of nitrogens with one attached hydrogen (secondary N) is 1. The van der Waals surface area contributed by atoms with E-state index < -0.39 is 34.3 Å². The van der Waals surface area contributed by atoms with Gasteiger partial charge in [0.15, 0.2) is 0 Å². The van der Waals surface area contributed by atoms with Crippen molar-refractivity contribution in [2.24, 2.45) is 0 Å². The van der Waals surface area contributed by atoms with Crippen molar-refractivity contribution in [1.29, 1.82) is 0 Å². The summed E-state index contributed by atoms with van der Waals surface area (Å²) in [5.74, 6) is -5.17. The monoisotopic (exact) mass is 461 g/mol. The van der Waals surface area contributed by atoms with Crippen molar-refractivity contribution >= 4 is 22.0 Å². The molecule has 0 saturated carbocycles. The van der Waals surface area contributed by atoms with E-state index in [4.69, 9.17) is 19.8 Å². The molecule has 2 heterocycles. The van der Waals surface area contributed by atoms with Crippen LogP contribution in [0.5, 0.6) is 0 Å². The van der Waals surface area contributed by atoms with Crippen molar-refractivity contribution in [1.82, 2.24) is 14.5 Å². The Morgan fingerprint density at radius 3 is 1.59 bits per heavy atom. The summed E-state index contributed by atoms with van der Waals surface area (Å²) in [6.45, 7) is 6.37. The Balaban J connectivity index is 0.000000473. The lowest BCUT2D eigenvalue weighted by Crippen LogP contribution is -2.46. The summed E-state index contributed by atoms with van der Waals surface area (Å²) in [4.78, 5) is 20.1. The highest BCUT2D eigenvalue weighted by Gasteiger charge is 2.38. The molecule has 2 aliphatic rings. The van der Waals surface area contributed by atoms with Gasteiger partial charge in [-0.25, -0.2) is 22.3 Å². The molecule has 0 aromatic heterocycles. The van der Waals surface area contributed by atoms with Crippen molar-refractivity contribution in [3.63, 3.8) is 0 Å². The molecule has 2 fully saturated rings. The van der Waals surface area contributed by atoms with Crippen molar-refractivity contribution < 1.29 is 54.6 Å². The van der Waals surface area contributed by atoms with Crippen LogP contribution >= 0.6 is 0 Å². The molecule has 0 radical (unpaired) electrons. The highest BCUT2D eigenvalue weighted by atomic mass is 32.2. The first kappa shape index (κ1) is 27.4. The highest BCUT2D eigenvalue weighted by Crippen LogP contribution is 2.14. The predicted molar refractivity (Wildman–Crippen MR) is 86.7 cm³/mol. The Morgan fingerprint density at radius 1 is 0.862 bits per heavy atom. The number of aliphatic carboxylic acids is 2. The number of sulfonamides is 1. The quantitative estimate of drug-likeness (QED) is 0.509. The van der Waals surface area contributed by atoms with Crippen LogP contribution in [0, 0.1) is 0 Å². The third-order valence-electron chi connectivity index (χ3n) is 3.56. The van der Waals surface area contributed by atoms with Crippen LogP contribution in [0.3, 0.4) is 0 Å². The maximum absolute atomic E-state index is 11.5. The van der Waals surface area contributed by atoms with Gasteiger partial charge in [-0.2, -0.15) is 26.3 Å². The summed E-state index contributed by atoms with van der Waals surface area (Å²) in [7, 11) is -2.90. The molecule has 0 aliphatic carbocycles. The average Bonchev–Trinajstić information content (AvgIpc) is 2.91. The van der Waals surface area contributed by atoms with E-state index in [0.29, 0.717) is 18.8 Å². The minimum atomic E-state index is -5.08. The molecular weight excluding hydrogens is 440 g/mol. The van der Waals surface area contributed by atoms with Crippen molar-refractivity contribution in [3.8, 4) is 0 Å². The molecule has 9 nitrogen and oxygen atoms in total. The lowest BCUT2D eigenvalue weighted by Gasteiger charge is -2.28. The van der Waals surface area contributed by atoms with Gasteiger partial charge >= 0.3 is 24.3 Å². The summed E-state index contributed by atoms with van der Waals surface area (Å²) >= 11 is 0. The molecule has 0 amide bonds. The number of hydrogen-bond acceptors (Lipinski definition) is 6. The van der Waals surface area contributed by atoms with Crippen LogP contribution in [0.4, 0.5) is 26.3 Å². The van der Waals surface area contributed by atoms with Gasteiger partial charge in [-0.1, -0.05) is 0 Å². The number of carbonyl (C=O) groups is 2. The minimum absolute atomic E-state index is 0.342. The zero-order valence-electron chi connectivity index (χ0n) is 15.0. The molecule has 3 N–H and O–H groups in total. The van der Waals surface area contributed by atoms with Gasteiger partial charge in [0, 0.05) is 45.8 Å². The summed E-state index contributed by atoms with van der Waals surface area (Å²) < 4.78 is 88.2. The van der Waals surface area contributed by atoms with Crippen LogP contribution in [-0.4, -0.2) is 104 Å². The fourth-order valence-electron chi connectivity index (χ4n) is 2.13. The van der Waals surface area contributed by atoms with Crippen molar-refractivity contribution in [2.45, 2.75) is 18.8 Å². The number of nitrogens with zero attached hydrogens (tertiary/aromatic N) is 2. The molecular formula is C13H21F6N3O6S. The molecule has 0 aromatic carbocycles. The number of carboxylic acids is 2. The Kier molecular flexibility index (Phi) is 10.9. The van der Waals surface area contributed by atoms with E-state index in [9.17, 15) is 34.8 Å². The topological polar surface area (TPSA) is 127 Å². The van der Waals surface area contributed by atoms with Crippen LogP contribution in [0.1, 0.15) is 6.42 Å². The normalized spacial score (nSPS) is 20.1. The van der Waals surface area contributed by atoms with E-state index in [1.807, 2.05) is 0 Å². The van der Waals surface area contributed by atoms with Gasteiger partial charge in [-0.15, -0.1) is 0 Å². The van der Waals surface area contributed by atoms with Crippen LogP contribution in [0.25, 0.3) is 0 Å². The van der Waals surface area contributed by atoms with Gasteiger partial charge in [-0.05, 0) is 6.42 Å². The number of alkyl halides is 6. The molecule has 29 heavy (non-hydrogen) atoms. The second kappa shape index (κ2) is 11.5. The third kappa shape index (κ3) is 11.8. The molecule has 0 atom stereocenters. The summed E-state index contributed by atoms with van der Waals surface area (Å²) in [5.41, 5.74) is 0. The number of carboxylic acid groups (broad SMARTS) is 2. The summed E-state index contributed by atoms with van der Waals surface area (Å²) in [6, 6.07) is 0. The Labute approximate surface area is 162 Å². The van der Waals surface area contributed by atoms with E-state index >= 15 is 0 Å². The molecule has 0 aromatic rings. The van der Waals surface area contributed by atoms with Gasteiger partial charge in [0.2, 0.25) is 10.0 Å². The maximum Gasteiger partial charge on any atom is 0.490 e. The SMILES string of the molecule is O=C(O)C(F)(F)F.O=C(O)C(F)(F)F.O=S1(=O)CCCN1CCN1CCNCC1. The van der Waals surface area contributed by atoms with E-state index in [1.54, 1.807) is 4.31 Å². The minimum Gasteiger partial charge on any atom is -0.475 e. The molecule has 2 rings (SSSR count). The number of piperazine rings is 1. The van der Waals surface area contributed by atoms with Gasteiger partial charge in [0.05, 0.1) is 5.75 Å². The van der Waals surface area contributed by atoms with E-state index in [2.05, 4.69) is 10.2 Å². The highest BCUT2D eigenvalue weighted by molar-refractivity contribution is 7.89. The fourth-order valence-corrected chi connectivity index (χ4v) is 3.65. The molecule has 16 heteroatoms. The predicted octanol–water partition coefficient (Wildman–Crippen LogP) is 0.194. The lowest BCUT2D eigenvalue weighted by molar-refractivity contribution is -0.193. The average molecular weight is 461 g/mol. The number of rotatable bonds is 3. The first-order valence-corrected chi connectivity index (χ1v) is 9.69. The fraction of sp³-hybridized carbons (Fsp3) is 0.846. The molecule has 2 aliphatic heterocycles. The standard InChI is InChI=1S/C9H19N3O2S.2C2HF3O2/c13-15(14)9-1-4-12(15)8-7-11-5-2-10-3-6-11;2*3-2(4,5)1(6)7/h10H,1-9H2;2*(H,6,7). The van der Waals surface area contributed by atoms with E-state index in [-0.39, 0.29) is 0 Å². The van der Waals surface area contributed by atoms with Gasteiger partial charge in [0.1, 0.15) is 0 Å². The van der Waals surface area contributed by atoms with Gasteiger partial charge in [0.25, 0.3) is 0 Å². The number of halogens is 6. The second-order valence-electron chi connectivity index (χ2n) is 5.77. The van der Waals surface area contributed by atoms with Crippen LogP contribution in [0.2, 0.25) is 0 Å². The van der Waals surface area contributed by atoms with Crippen LogP contribution in [-0.2, 0) is 19.6 Å². The first-order chi connectivity index (χ1) is 13.1. The van der Waals surface area contributed by atoms with Crippen molar-refractivity contribution in [3.05, 3.63) is 0 Å². The largest absolute Gasteiger partial charge is 0.490 e. The number of hydrogen-bond donors (Lipinski definition) is 3. The zero-order chi connectivity index (χ0) is 22.9. The lowest BCUT2D eigenvalue weighted by atomic mass is 10.3. The zero-order valence-corrected chi connectivity index (χ0v) is 15.8. The smallest absolute Gasteiger partial charge is 0.475 e. The third-order valence-corrected chi connectivity index (χ3v) is 5.52. The maximum atomic E-state index is 11.5. The summed E-state index contributed by atoms with van der Waals surface area (Å²) in [6.07, 6.45) is -9.37. The van der Waals surface area contributed by atoms with E-state index in [1.165, 1.54) is 0 Å². The van der Waals surface area contributed by atoms with E-state index in [0.717, 1.165) is 39.1 Å².